The third kappa shape index (κ3) is 3.93. The van der Waals surface area contributed by atoms with Crippen LogP contribution in [0.2, 0.25) is 0 Å². The summed E-state index contributed by atoms with van der Waals surface area (Å²) in [5, 5.41) is 0. The van der Waals surface area contributed by atoms with E-state index in [1.165, 1.54) is 0 Å². The number of esters is 1. The first kappa shape index (κ1) is 8.39. The highest BCUT2D eigenvalue weighted by atomic mass is 28.2. The van der Waals surface area contributed by atoms with Crippen molar-refractivity contribution in [3.8, 4) is 0 Å². The summed E-state index contributed by atoms with van der Waals surface area (Å²) in [5.41, 5.74) is 0.373. The van der Waals surface area contributed by atoms with Gasteiger partial charge >= 0.3 is 5.97 Å². The number of carbonyl (C=O) groups is 1. The molecule has 0 aromatic rings. The van der Waals surface area contributed by atoms with Crippen molar-refractivity contribution in [1.82, 2.24) is 0 Å². The average Bonchev–Trinajstić information content (AvgIpc) is 1.82. The fourth-order valence-electron chi connectivity index (χ4n) is 0.262. The molecular formula is C5H10O3Si. The zero-order valence-corrected chi connectivity index (χ0v) is 6.80. The Morgan fingerprint density at radius 3 is 2.78 bits per heavy atom. The van der Waals surface area contributed by atoms with E-state index in [-0.39, 0.29) is 6.23 Å². The number of ether oxygens (including phenoxy) is 1. The maximum Gasteiger partial charge on any atom is 0.332 e. The van der Waals surface area contributed by atoms with Gasteiger partial charge in [-0.25, -0.2) is 4.79 Å². The van der Waals surface area contributed by atoms with Crippen LogP contribution in [0.1, 0.15) is 6.92 Å². The molecule has 0 fully saturated rings. The average molecular weight is 146 g/mol. The van der Waals surface area contributed by atoms with Crippen LogP contribution in [0.5, 0.6) is 0 Å². The summed E-state index contributed by atoms with van der Waals surface area (Å²) in [5.74, 6) is -0.420. The lowest BCUT2D eigenvalue weighted by atomic mass is 10.4. The van der Waals surface area contributed by atoms with E-state index in [1.807, 2.05) is 0 Å². The van der Waals surface area contributed by atoms with Gasteiger partial charge in [0.05, 0.1) is 0 Å². The predicted molar refractivity (Wildman–Crippen MR) is 36.5 cm³/mol. The van der Waals surface area contributed by atoms with Crippen LogP contribution in [0.4, 0.5) is 0 Å². The molecule has 52 valence electrons. The number of hydrogen-bond donors (Lipinski definition) is 1. The number of rotatable bonds is 3. The topological polar surface area (TPSA) is 46.5 Å². The lowest BCUT2D eigenvalue weighted by Crippen LogP contribution is -2.10. The molecule has 3 nitrogen and oxygen atoms in total. The van der Waals surface area contributed by atoms with Gasteiger partial charge in [0.15, 0.2) is 9.76 Å². The number of hydrogen-bond acceptors (Lipinski definition) is 3. The Balaban J connectivity index is 3.39. The second-order valence-corrected chi connectivity index (χ2v) is 2.50. The van der Waals surface area contributed by atoms with Gasteiger partial charge in [-0.15, -0.1) is 0 Å². The Kier molecular flexibility index (Phi) is 3.99. The molecule has 0 aromatic carbocycles. The van der Waals surface area contributed by atoms with Crippen molar-refractivity contribution in [2.24, 2.45) is 0 Å². The highest BCUT2D eigenvalue weighted by molar-refractivity contribution is 6.25. The molecule has 0 amide bonds. The second kappa shape index (κ2) is 4.28. The monoisotopic (exact) mass is 146 g/mol. The summed E-state index contributed by atoms with van der Waals surface area (Å²) in [6.45, 7) is 4.94. The van der Waals surface area contributed by atoms with E-state index in [1.54, 1.807) is 6.92 Å². The summed E-state index contributed by atoms with van der Waals surface area (Å²) in [7, 11) is -1.14. The highest BCUT2D eigenvalue weighted by Crippen LogP contribution is 1.89. The minimum Gasteiger partial charge on any atom is -0.464 e. The van der Waals surface area contributed by atoms with E-state index in [9.17, 15) is 4.79 Å². The second-order valence-electron chi connectivity index (χ2n) is 1.64. The molecule has 0 rings (SSSR count). The Bertz CT molecular complexity index is 121. The lowest BCUT2D eigenvalue weighted by molar-refractivity contribution is -0.137. The fourth-order valence-corrected chi connectivity index (χ4v) is 0.538. The normalized spacial score (nSPS) is 10.0. The van der Waals surface area contributed by atoms with Crippen molar-refractivity contribution in [2.75, 3.05) is 6.23 Å². The van der Waals surface area contributed by atoms with Gasteiger partial charge in [0, 0.05) is 5.57 Å². The van der Waals surface area contributed by atoms with Crippen LogP contribution >= 0.6 is 0 Å². The molecule has 9 heavy (non-hydrogen) atoms. The highest BCUT2D eigenvalue weighted by Gasteiger charge is 2.00. The molecule has 0 atom stereocenters. The Labute approximate surface area is 56.3 Å². The van der Waals surface area contributed by atoms with E-state index in [4.69, 9.17) is 4.80 Å². The largest absolute Gasteiger partial charge is 0.464 e. The van der Waals surface area contributed by atoms with Gasteiger partial charge in [-0.3, -0.25) is 0 Å². The van der Waals surface area contributed by atoms with E-state index in [2.05, 4.69) is 11.3 Å². The number of carbonyl (C=O) groups excluding carboxylic acids is 1. The molecule has 0 saturated carbocycles. The quantitative estimate of drug-likeness (QED) is 0.320. The van der Waals surface area contributed by atoms with Gasteiger partial charge < -0.3 is 9.53 Å². The van der Waals surface area contributed by atoms with Crippen LogP contribution in [-0.2, 0) is 9.53 Å². The Morgan fingerprint density at radius 2 is 2.44 bits per heavy atom. The van der Waals surface area contributed by atoms with Crippen molar-refractivity contribution in [3.05, 3.63) is 12.2 Å². The third-order valence-electron chi connectivity index (χ3n) is 0.673. The molecule has 0 heterocycles. The van der Waals surface area contributed by atoms with E-state index >= 15 is 0 Å². The van der Waals surface area contributed by atoms with Crippen LogP contribution in [0.15, 0.2) is 12.2 Å². The zero-order valence-electron chi connectivity index (χ0n) is 5.39. The molecule has 4 heteroatoms. The van der Waals surface area contributed by atoms with Crippen LogP contribution in [-0.4, -0.2) is 26.8 Å². The minimum atomic E-state index is -1.14. The van der Waals surface area contributed by atoms with Gasteiger partial charge in [0.25, 0.3) is 0 Å². The fraction of sp³-hybridized carbons (Fsp3) is 0.400. The van der Waals surface area contributed by atoms with Crippen molar-refractivity contribution >= 4 is 15.7 Å². The van der Waals surface area contributed by atoms with Crippen molar-refractivity contribution < 1.29 is 14.3 Å². The van der Waals surface area contributed by atoms with Gasteiger partial charge in [0.2, 0.25) is 0 Å². The van der Waals surface area contributed by atoms with Crippen LogP contribution < -0.4 is 0 Å². The maximum atomic E-state index is 10.5. The van der Waals surface area contributed by atoms with Crippen molar-refractivity contribution in [3.63, 3.8) is 0 Å². The molecule has 0 aliphatic carbocycles. The first-order valence-corrected chi connectivity index (χ1v) is 4.25. The summed E-state index contributed by atoms with van der Waals surface area (Å²) < 4.78 is 4.53. The molecule has 0 unspecified atom stereocenters. The standard InChI is InChI=1S/C5H10O3Si/c1-4(2)5(6)8-3-9-7/h7H,1,3,9H2,2H3. The van der Waals surface area contributed by atoms with Crippen LogP contribution in [0, 0.1) is 0 Å². The molecule has 0 saturated heterocycles. The van der Waals surface area contributed by atoms with Crippen LogP contribution in [0.25, 0.3) is 0 Å². The zero-order chi connectivity index (χ0) is 7.28. The molecule has 0 radical (unpaired) electrons. The van der Waals surface area contributed by atoms with Gasteiger partial charge in [-0.1, -0.05) is 6.58 Å². The first-order chi connectivity index (χ1) is 4.18. The molecule has 0 spiro atoms. The SMILES string of the molecule is C=C(C)C(=O)OC[SiH2]O. The third-order valence-corrected chi connectivity index (χ3v) is 1.06. The van der Waals surface area contributed by atoms with Crippen LogP contribution in [0.3, 0.4) is 0 Å². The predicted octanol–water partition coefficient (Wildman–Crippen LogP) is -0.861. The maximum absolute atomic E-state index is 10.5. The van der Waals surface area contributed by atoms with Crippen molar-refractivity contribution in [2.45, 2.75) is 6.92 Å². The molecule has 1 N–H and O–H groups in total. The molecule has 0 aliphatic rings. The van der Waals surface area contributed by atoms with Gasteiger partial charge in [-0.05, 0) is 6.92 Å². The minimum absolute atomic E-state index is 0.186. The molecule has 0 aliphatic heterocycles. The smallest absolute Gasteiger partial charge is 0.332 e. The van der Waals surface area contributed by atoms with E-state index < -0.39 is 15.7 Å². The van der Waals surface area contributed by atoms with Gasteiger partial charge in [0.1, 0.15) is 6.23 Å². The van der Waals surface area contributed by atoms with E-state index in [0.29, 0.717) is 5.57 Å². The summed E-state index contributed by atoms with van der Waals surface area (Å²) in [4.78, 5) is 18.8. The molecule has 0 aromatic heterocycles. The summed E-state index contributed by atoms with van der Waals surface area (Å²) >= 11 is 0. The Morgan fingerprint density at radius 1 is 1.89 bits per heavy atom. The summed E-state index contributed by atoms with van der Waals surface area (Å²) in [6, 6.07) is 0. The first-order valence-electron chi connectivity index (χ1n) is 2.62. The molecule has 0 bridgehead atoms. The molecular weight excluding hydrogens is 136 g/mol. The Hall–Kier alpha value is -0.613. The van der Waals surface area contributed by atoms with Gasteiger partial charge in [-0.2, -0.15) is 0 Å². The van der Waals surface area contributed by atoms with Crippen molar-refractivity contribution in [1.29, 1.82) is 0 Å². The van der Waals surface area contributed by atoms with E-state index in [0.717, 1.165) is 0 Å². The lowest BCUT2D eigenvalue weighted by Gasteiger charge is -1.98. The summed E-state index contributed by atoms with van der Waals surface area (Å²) in [6.07, 6.45) is 0.186.